The number of rotatable bonds is 5. The van der Waals surface area contributed by atoms with Crippen LogP contribution in [0.5, 0.6) is 11.6 Å². The maximum atomic E-state index is 5.71. The van der Waals surface area contributed by atoms with Crippen molar-refractivity contribution < 1.29 is 4.74 Å². The van der Waals surface area contributed by atoms with Gasteiger partial charge in [0.2, 0.25) is 5.88 Å². The summed E-state index contributed by atoms with van der Waals surface area (Å²) in [6.07, 6.45) is 4.34. The third-order valence-corrected chi connectivity index (χ3v) is 2.55. The molecule has 0 fully saturated rings. The van der Waals surface area contributed by atoms with Gasteiger partial charge in [0, 0.05) is 12.7 Å². The van der Waals surface area contributed by atoms with Gasteiger partial charge in [0.15, 0.2) is 0 Å². The van der Waals surface area contributed by atoms with E-state index in [0.29, 0.717) is 12.4 Å². The summed E-state index contributed by atoms with van der Waals surface area (Å²) in [5, 5.41) is 3.04. The van der Waals surface area contributed by atoms with Gasteiger partial charge in [0.05, 0.1) is 11.9 Å². The molecule has 1 aromatic heterocycles. The SMILES string of the molecule is CCc1cccc(Oc2cncc(CNC)n2)c1. The van der Waals surface area contributed by atoms with Crippen molar-refractivity contribution in [3.63, 3.8) is 0 Å². The Morgan fingerprint density at radius 1 is 1.28 bits per heavy atom. The summed E-state index contributed by atoms with van der Waals surface area (Å²) < 4.78 is 5.71. The van der Waals surface area contributed by atoms with Crippen LogP contribution >= 0.6 is 0 Å². The number of aryl methyl sites for hydroxylation is 1. The van der Waals surface area contributed by atoms with Crippen LogP contribution in [0.1, 0.15) is 18.2 Å². The van der Waals surface area contributed by atoms with E-state index < -0.39 is 0 Å². The molecule has 4 nitrogen and oxygen atoms in total. The van der Waals surface area contributed by atoms with Crippen molar-refractivity contribution in [1.82, 2.24) is 15.3 Å². The van der Waals surface area contributed by atoms with Crippen LogP contribution in [0.3, 0.4) is 0 Å². The van der Waals surface area contributed by atoms with Gasteiger partial charge in [0.25, 0.3) is 0 Å². The molecule has 0 unspecified atom stereocenters. The Hall–Kier alpha value is -1.94. The molecular formula is C14H17N3O. The maximum absolute atomic E-state index is 5.71. The zero-order valence-electron chi connectivity index (χ0n) is 10.7. The van der Waals surface area contributed by atoms with Gasteiger partial charge in [-0.05, 0) is 31.2 Å². The average molecular weight is 243 g/mol. The lowest BCUT2D eigenvalue weighted by Gasteiger charge is -2.07. The van der Waals surface area contributed by atoms with Crippen LogP contribution in [-0.2, 0) is 13.0 Å². The minimum atomic E-state index is 0.524. The third kappa shape index (κ3) is 3.28. The summed E-state index contributed by atoms with van der Waals surface area (Å²) in [6.45, 7) is 2.80. The summed E-state index contributed by atoms with van der Waals surface area (Å²) in [5.41, 5.74) is 2.11. The van der Waals surface area contributed by atoms with Gasteiger partial charge in [-0.2, -0.15) is 0 Å². The van der Waals surface area contributed by atoms with Crippen LogP contribution in [0.25, 0.3) is 0 Å². The van der Waals surface area contributed by atoms with E-state index in [2.05, 4.69) is 28.3 Å². The summed E-state index contributed by atoms with van der Waals surface area (Å²) in [4.78, 5) is 8.48. The predicted molar refractivity (Wildman–Crippen MR) is 70.7 cm³/mol. The standard InChI is InChI=1S/C14H17N3O/c1-3-11-5-4-6-13(7-11)18-14-10-16-9-12(17-14)8-15-2/h4-7,9-10,15H,3,8H2,1-2H3. The van der Waals surface area contributed by atoms with Gasteiger partial charge in [-0.1, -0.05) is 19.1 Å². The molecule has 4 heteroatoms. The van der Waals surface area contributed by atoms with Crippen LogP contribution in [0.15, 0.2) is 36.7 Å². The van der Waals surface area contributed by atoms with E-state index in [9.17, 15) is 0 Å². The van der Waals surface area contributed by atoms with E-state index in [1.54, 1.807) is 12.4 Å². The first kappa shape index (κ1) is 12.5. The van der Waals surface area contributed by atoms with Crippen LogP contribution < -0.4 is 10.1 Å². The second kappa shape index (κ2) is 6.12. The lowest BCUT2D eigenvalue weighted by molar-refractivity contribution is 0.456. The Morgan fingerprint density at radius 3 is 2.94 bits per heavy atom. The van der Waals surface area contributed by atoms with Gasteiger partial charge in [-0.3, -0.25) is 4.98 Å². The molecule has 0 aliphatic heterocycles. The molecule has 0 atom stereocenters. The van der Waals surface area contributed by atoms with Crippen molar-refractivity contribution in [2.75, 3.05) is 7.05 Å². The minimum Gasteiger partial charge on any atom is -0.437 e. The van der Waals surface area contributed by atoms with Crippen molar-refractivity contribution in [1.29, 1.82) is 0 Å². The molecule has 0 aliphatic rings. The number of nitrogens with zero attached hydrogens (tertiary/aromatic N) is 2. The van der Waals surface area contributed by atoms with Gasteiger partial charge in [-0.25, -0.2) is 4.98 Å². The molecule has 0 spiro atoms. The number of benzene rings is 1. The van der Waals surface area contributed by atoms with Gasteiger partial charge < -0.3 is 10.1 Å². The molecule has 0 saturated carbocycles. The molecule has 2 rings (SSSR count). The highest BCUT2D eigenvalue weighted by molar-refractivity contribution is 5.31. The van der Waals surface area contributed by atoms with Crippen molar-refractivity contribution in [2.24, 2.45) is 0 Å². The molecule has 94 valence electrons. The van der Waals surface area contributed by atoms with Crippen molar-refractivity contribution >= 4 is 0 Å². The molecule has 0 amide bonds. The van der Waals surface area contributed by atoms with Crippen molar-refractivity contribution in [3.8, 4) is 11.6 Å². The fourth-order valence-electron chi connectivity index (χ4n) is 1.65. The van der Waals surface area contributed by atoms with Crippen molar-refractivity contribution in [2.45, 2.75) is 19.9 Å². The van der Waals surface area contributed by atoms with E-state index in [1.807, 2.05) is 25.2 Å². The van der Waals surface area contributed by atoms with E-state index in [0.717, 1.165) is 17.9 Å². The van der Waals surface area contributed by atoms with Gasteiger partial charge in [-0.15, -0.1) is 0 Å². The summed E-state index contributed by atoms with van der Waals surface area (Å²) >= 11 is 0. The molecule has 18 heavy (non-hydrogen) atoms. The average Bonchev–Trinajstić information content (AvgIpc) is 2.40. The molecule has 0 saturated heterocycles. The molecule has 1 N–H and O–H groups in total. The quantitative estimate of drug-likeness (QED) is 0.876. The van der Waals surface area contributed by atoms with E-state index in [-0.39, 0.29) is 0 Å². The molecule has 0 radical (unpaired) electrons. The first-order valence-corrected chi connectivity index (χ1v) is 6.04. The Bertz CT molecular complexity index is 514. The number of nitrogens with one attached hydrogen (secondary N) is 1. The molecule has 1 aromatic carbocycles. The van der Waals surface area contributed by atoms with Crippen molar-refractivity contribution in [3.05, 3.63) is 47.9 Å². The second-order valence-electron chi connectivity index (χ2n) is 3.98. The van der Waals surface area contributed by atoms with Crippen LogP contribution in [0.4, 0.5) is 0 Å². The van der Waals surface area contributed by atoms with E-state index in [4.69, 9.17) is 4.74 Å². The molecule has 0 aliphatic carbocycles. The third-order valence-electron chi connectivity index (χ3n) is 2.55. The summed E-state index contributed by atoms with van der Waals surface area (Å²) in [7, 11) is 1.87. The fourth-order valence-corrected chi connectivity index (χ4v) is 1.65. The fraction of sp³-hybridized carbons (Fsp3) is 0.286. The number of aromatic nitrogens is 2. The Kier molecular flexibility index (Phi) is 4.25. The zero-order chi connectivity index (χ0) is 12.8. The highest BCUT2D eigenvalue weighted by Crippen LogP contribution is 2.20. The van der Waals surface area contributed by atoms with E-state index >= 15 is 0 Å². The summed E-state index contributed by atoms with van der Waals surface area (Å²) in [5.74, 6) is 1.32. The molecule has 0 bridgehead atoms. The van der Waals surface area contributed by atoms with E-state index in [1.165, 1.54) is 5.56 Å². The molecular weight excluding hydrogens is 226 g/mol. The lowest BCUT2D eigenvalue weighted by Crippen LogP contribution is -2.07. The molecule has 1 heterocycles. The maximum Gasteiger partial charge on any atom is 0.238 e. The topological polar surface area (TPSA) is 47.0 Å². The Labute approximate surface area is 107 Å². The van der Waals surface area contributed by atoms with Gasteiger partial charge >= 0.3 is 0 Å². The minimum absolute atomic E-state index is 0.524. The summed E-state index contributed by atoms with van der Waals surface area (Å²) in [6, 6.07) is 8.01. The Morgan fingerprint density at radius 2 is 2.17 bits per heavy atom. The van der Waals surface area contributed by atoms with Gasteiger partial charge in [0.1, 0.15) is 5.75 Å². The number of hydrogen-bond donors (Lipinski definition) is 1. The monoisotopic (exact) mass is 243 g/mol. The first-order chi connectivity index (χ1) is 8.81. The number of ether oxygens (including phenoxy) is 1. The van der Waals surface area contributed by atoms with Crippen LogP contribution in [0.2, 0.25) is 0 Å². The lowest BCUT2D eigenvalue weighted by atomic mass is 10.2. The van der Waals surface area contributed by atoms with Crippen LogP contribution in [-0.4, -0.2) is 17.0 Å². The Balaban J connectivity index is 2.14. The normalized spacial score (nSPS) is 10.3. The highest BCUT2D eigenvalue weighted by atomic mass is 16.5. The molecule has 2 aromatic rings. The number of hydrogen-bond acceptors (Lipinski definition) is 4. The second-order valence-corrected chi connectivity index (χ2v) is 3.98. The first-order valence-electron chi connectivity index (χ1n) is 6.04. The highest BCUT2D eigenvalue weighted by Gasteiger charge is 2.01. The van der Waals surface area contributed by atoms with Crippen LogP contribution in [0, 0.1) is 0 Å². The predicted octanol–water partition coefficient (Wildman–Crippen LogP) is 2.55. The smallest absolute Gasteiger partial charge is 0.238 e. The zero-order valence-corrected chi connectivity index (χ0v) is 10.7. The largest absolute Gasteiger partial charge is 0.437 e.